The van der Waals surface area contributed by atoms with Crippen LogP contribution in [0.15, 0.2) is 84.9 Å². The SMILES string of the molecule is CC1(C)C(=O)N(c2ccc(C#N)c(C(F)(F)F)c2)C(=S)N1c1ccc(-c2ccc(OCCCCCCCCNc3cccc4c3C(=O)N(C3CCC(=O)NC3=O)C4=O)cc2)cc1. The van der Waals surface area contributed by atoms with Crippen LogP contribution in [0.25, 0.3) is 11.1 Å². The van der Waals surface area contributed by atoms with E-state index in [1.165, 1.54) is 6.07 Å². The molecule has 62 heavy (non-hydrogen) atoms. The van der Waals surface area contributed by atoms with Crippen LogP contribution in [0.3, 0.4) is 0 Å². The van der Waals surface area contributed by atoms with E-state index in [0.717, 1.165) is 77.3 Å². The molecule has 2 N–H and O–H groups in total. The summed E-state index contributed by atoms with van der Waals surface area (Å²) in [6.07, 6.45) is 1.18. The number of carbonyl (C=O) groups excluding carboxylic acids is 5. The van der Waals surface area contributed by atoms with E-state index < -0.39 is 58.4 Å². The lowest BCUT2D eigenvalue weighted by Crippen LogP contribution is -2.54. The number of ether oxygens (including phenoxy) is 1. The van der Waals surface area contributed by atoms with E-state index in [2.05, 4.69) is 10.6 Å². The van der Waals surface area contributed by atoms with Crippen LogP contribution >= 0.6 is 12.2 Å². The van der Waals surface area contributed by atoms with Crippen molar-refractivity contribution in [2.75, 3.05) is 28.3 Å². The second kappa shape index (κ2) is 17.8. The molecule has 1 unspecified atom stereocenters. The molecule has 4 aromatic rings. The molecule has 4 aromatic carbocycles. The number of amides is 5. The molecule has 3 heterocycles. The second-order valence-corrected chi connectivity index (χ2v) is 16.2. The Morgan fingerprint density at radius 3 is 2.16 bits per heavy atom. The molecule has 7 rings (SSSR count). The second-order valence-electron chi connectivity index (χ2n) is 15.8. The Kier molecular flexibility index (Phi) is 12.5. The van der Waals surface area contributed by atoms with Gasteiger partial charge >= 0.3 is 6.18 Å². The molecular weight excluding hydrogens is 822 g/mol. The number of unbranched alkanes of at least 4 members (excludes halogenated alkanes) is 5. The number of fused-ring (bicyclic) bond motifs is 1. The highest BCUT2D eigenvalue weighted by Crippen LogP contribution is 2.40. The van der Waals surface area contributed by atoms with Gasteiger partial charge in [0.15, 0.2) is 5.11 Å². The fourth-order valence-corrected chi connectivity index (χ4v) is 8.54. The zero-order chi connectivity index (χ0) is 44.3. The number of halogens is 3. The lowest BCUT2D eigenvalue weighted by molar-refractivity contribution is -0.138. The highest BCUT2D eigenvalue weighted by Gasteiger charge is 2.51. The van der Waals surface area contributed by atoms with Crippen LogP contribution in [-0.4, -0.2) is 64.3 Å². The molecule has 0 aliphatic carbocycles. The van der Waals surface area contributed by atoms with E-state index in [9.17, 15) is 42.4 Å². The van der Waals surface area contributed by atoms with Gasteiger partial charge in [0.2, 0.25) is 11.8 Å². The summed E-state index contributed by atoms with van der Waals surface area (Å²) in [5.74, 6) is -1.87. The topological polar surface area (TPSA) is 152 Å². The minimum atomic E-state index is -4.79. The highest BCUT2D eigenvalue weighted by atomic mass is 32.1. The third-order valence-corrected chi connectivity index (χ3v) is 11.7. The van der Waals surface area contributed by atoms with Crippen molar-refractivity contribution in [3.05, 3.63) is 107 Å². The zero-order valence-electron chi connectivity index (χ0n) is 34.0. The van der Waals surface area contributed by atoms with Gasteiger partial charge in [-0.05, 0) is 111 Å². The number of imide groups is 2. The Labute approximate surface area is 361 Å². The monoisotopic (exact) mass is 864 g/mol. The quantitative estimate of drug-likeness (QED) is 0.0677. The Hall–Kier alpha value is -6.60. The Bertz CT molecular complexity index is 2480. The number of anilines is 3. The molecule has 0 spiro atoms. The van der Waals surface area contributed by atoms with Crippen LogP contribution in [0.2, 0.25) is 0 Å². The standard InChI is InChI=1S/C46H43F3N6O6S/c1-45(2)43(60)53(32-19-14-30(27-50)35(26-32)46(47,48)49)44(62)55(45)31-17-12-28(13-18-31)29-15-20-33(21-16-29)61-25-8-6-4-3-5-7-24-51-36-11-9-10-34-39(36)42(59)54(41(34)58)37-22-23-38(56)52-40(37)57/h9-21,26,37,51H,3-8,22-25H2,1-2H3,(H,52,56,57). The molecule has 2 fully saturated rings. The Morgan fingerprint density at radius 2 is 1.50 bits per heavy atom. The summed E-state index contributed by atoms with van der Waals surface area (Å²) in [5.41, 5.74) is 0.527. The van der Waals surface area contributed by atoms with Gasteiger partial charge in [-0.3, -0.25) is 39.1 Å². The lowest BCUT2D eigenvalue weighted by atomic mass is 10.0. The van der Waals surface area contributed by atoms with Crippen LogP contribution < -0.4 is 25.2 Å². The van der Waals surface area contributed by atoms with Crippen molar-refractivity contribution < 1.29 is 41.9 Å². The molecule has 12 nitrogen and oxygen atoms in total. The van der Waals surface area contributed by atoms with Gasteiger partial charge in [0.05, 0.1) is 40.6 Å². The fraction of sp³-hybridized carbons (Fsp3) is 0.326. The molecule has 3 aliphatic heterocycles. The normalized spacial score (nSPS) is 17.4. The first-order valence-electron chi connectivity index (χ1n) is 20.3. The third kappa shape index (κ3) is 8.62. The van der Waals surface area contributed by atoms with Crippen LogP contribution in [0, 0.1) is 11.3 Å². The van der Waals surface area contributed by atoms with Crippen LogP contribution in [0.5, 0.6) is 5.75 Å². The van der Waals surface area contributed by atoms with E-state index in [1.807, 2.05) is 36.4 Å². The van der Waals surface area contributed by atoms with Gasteiger partial charge in [-0.2, -0.15) is 18.4 Å². The molecular formula is C46H43F3N6O6S. The number of rotatable bonds is 15. The number of nitriles is 1. The van der Waals surface area contributed by atoms with Crippen molar-refractivity contribution in [1.82, 2.24) is 10.2 Å². The van der Waals surface area contributed by atoms with Crippen molar-refractivity contribution in [2.24, 2.45) is 0 Å². The van der Waals surface area contributed by atoms with Crippen molar-refractivity contribution in [3.63, 3.8) is 0 Å². The van der Waals surface area contributed by atoms with E-state index in [1.54, 1.807) is 55.1 Å². The number of nitrogens with zero attached hydrogens (tertiary/aromatic N) is 4. The van der Waals surface area contributed by atoms with Crippen molar-refractivity contribution in [2.45, 2.75) is 83.0 Å². The maximum atomic E-state index is 13.7. The van der Waals surface area contributed by atoms with Gasteiger partial charge in [0, 0.05) is 24.3 Å². The van der Waals surface area contributed by atoms with Crippen LogP contribution in [0.4, 0.5) is 30.2 Å². The van der Waals surface area contributed by atoms with E-state index in [0.29, 0.717) is 24.5 Å². The maximum Gasteiger partial charge on any atom is 0.417 e. The number of nitrogens with one attached hydrogen (secondary N) is 2. The number of hydrogen-bond donors (Lipinski definition) is 2. The van der Waals surface area contributed by atoms with Crippen molar-refractivity contribution >= 4 is 63.9 Å². The summed E-state index contributed by atoms with van der Waals surface area (Å²) in [6, 6.07) is 23.8. The summed E-state index contributed by atoms with van der Waals surface area (Å²) in [5, 5.41) is 14.7. The number of thiocarbonyl (C=S) groups is 1. The van der Waals surface area contributed by atoms with Crippen molar-refractivity contribution in [1.29, 1.82) is 5.26 Å². The molecule has 0 radical (unpaired) electrons. The van der Waals surface area contributed by atoms with Gasteiger partial charge < -0.3 is 15.0 Å². The summed E-state index contributed by atoms with van der Waals surface area (Å²) in [6.45, 7) is 4.49. The largest absolute Gasteiger partial charge is 0.494 e. The number of benzene rings is 4. The predicted molar refractivity (Wildman–Crippen MR) is 229 cm³/mol. The van der Waals surface area contributed by atoms with Gasteiger partial charge in [0.1, 0.15) is 17.3 Å². The minimum Gasteiger partial charge on any atom is -0.494 e. The molecule has 5 amide bonds. The number of alkyl halides is 3. The molecule has 16 heteroatoms. The predicted octanol–water partition coefficient (Wildman–Crippen LogP) is 8.39. The lowest BCUT2D eigenvalue weighted by Gasteiger charge is -2.29. The Balaban J connectivity index is 0.832. The third-order valence-electron chi connectivity index (χ3n) is 11.3. The zero-order valence-corrected chi connectivity index (χ0v) is 34.8. The minimum absolute atomic E-state index is 0.0231. The molecule has 1 atom stereocenters. The van der Waals surface area contributed by atoms with E-state index in [-0.39, 0.29) is 34.8 Å². The number of hydrogen-bond acceptors (Lipinski definition) is 9. The van der Waals surface area contributed by atoms with Crippen molar-refractivity contribution in [3.8, 4) is 22.9 Å². The van der Waals surface area contributed by atoms with Gasteiger partial charge in [-0.1, -0.05) is 56.0 Å². The number of carbonyl (C=O) groups is 5. The molecule has 320 valence electrons. The average Bonchev–Trinajstić information content (AvgIpc) is 3.60. The fourth-order valence-electron chi connectivity index (χ4n) is 8.02. The summed E-state index contributed by atoms with van der Waals surface area (Å²) in [7, 11) is 0. The molecule has 2 saturated heterocycles. The average molecular weight is 865 g/mol. The number of piperidine rings is 1. The first-order valence-corrected chi connectivity index (χ1v) is 20.7. The summed E-state index contributed by atoms with van der Waals surface area (Å²) in [4.78, 5) is 67.6. The van der Waals surface area contributed by atoms with Crippen LogP contribution in [0.1, 0.15) is 97.1 Å². The van der Waals surface area contributed by atoms with Gasteiger partial charge in [-0.25, -0.2) is 0 Å². The molecule has 3 aliphatic rings. The molecule has 0 saturated carbocycles. The smallest absolute Gasteiger partial charge is 0.417 e. The van der Waals surface area contributed by atoms with E-state index in [4.69, 9.17) is 17.0 Å². The first kappa shape index (κ1) is 43.5. The Morgan fingerprint density at radius 1 is 0.855 bits per heavy atom. The summed E-state index contributed by atoms with van der Waals surface area (Å²) >= 11 is 5.66. The van der Waals surface area contributed by atoms with Gasteiger partial charge in [-0.15, -0.1) is 0 Å². The molecule has 0 bridgehead atoms. The van der Waals surface area contributed by atoms with Gasteiger partial charge in [0.25, 0.3) is 17.7 Å². The molecule has 0 aromatic heterocycles. The van der Waals surface area contributed by atoms with Crippen LogP contribution in [-0.2, 0) is 20.6 Å². The first-order chi connectivity index (χ1) is 29.6. The maximum absolute atomic E-state index is 13.7. The van der Waals surface area contributed by atoms with E-state index >= 15 is 0 Å². The summed E-state index contributed by atoms with van der Waals surface area (Å²) < 4.78 is 47.1. The highest BCUT2D eigenvalue weighted by molar-refractivity contribution is 7.81.